The third-order valence-electron chi connectivity index (χ3n) is 4.82. The van der Waals surface area contributed by atoms with Crippen LogP contribution in [0.15, 0.2) is 78.1 Å². The molecule has 0 aliphatic heterocycles. The molecular weight excluding hydrogens is 394 g/mol. The van der Waals surface area contributed by atoms with E-state index in [1.165, 1.54) is 23.9 Å². The SMILES string of the molecule is COc1cc(=O)n(-c2ccccc2)cc1C(=O)NCc1cccnc1-c1cnn(C)c1. The molecule has 0 bridgehead atoms. The van der Waals surface area contributed by atoms with Gasteiger partial charge in [0.2, 0.25) is 0 Å². The lowest BCUT2D eigenvalue weighted by molar-refractivity contribution is 0.0947. The molecule has 8 heteroatoms. The number of rotatable bonds is 6. The van der Waals surface area contributed by atoms with Crippen LogP contribution in [-0.2, 0) is 13.6 Å². The normalized spacial score (nSPS) is 10.6. The number of carbonyl (C=O) groups is 1. The largest absolute Gasteiger partial charge is 0.496 e. The molecule has 3 heterocycles. The predicted octanol–water partition coefficient (Wildman–Crippen LogP) is 2.57. The van der Waals surface area contributed by atoms with Gasteiger partial charge in [-0.25, -0.2) is 0 Å². The first-order valence-corrected chi connectivity index (χ1v) is 9.64. The van der Waals surface area contributed by atoms with E-state index in [-0.39, 0.29) is 29.3 Å². The van der Waals surface area contributed by atoms with Gasteiger partial charge >= 0.3 is 0 Å². The summed E-state index contributed by atoms with van der Waals surface area (Å²) < 4.78 is 8.41. The number of hydrogen-bond acceptors (Lipinski definition) is 5. The van der Waals surface area contributed by atoms with E-state index in [4.69, 9.17) is 4.74 Å². The molecule has 3 aromatic heterocycles. The zero-order valence-corrected chi connectivity index (χ0v) is 17.1. The van der Waals surface area contributed by atoms with Crippen LogP contribution >= 0.6 is 0 Å². The van der Waals surface area contributed by atoms with Crippen LogP contribution in [0.4, 0.5) is 0 Å². The van der Waals surface area contributed by atoms with Crippen molar-refractivity contribution < 1.29 is 9.53 Å². The number of hydrogen-bond donors (Lipinski definition) is 1. The van der Waals surface area contributed by atoms with Crippen molar-refractivity contribution in [3.8, 4) is 22.7 Å². The van der Waals surface area contributed by atoms with E-state index in [9.17, 15) is 9.59 Å². The fourth-order valence-corrected chi connectivity index (χ4v) is 3.30. The highest BCUT2D eigenvalue weighted by molar-refractivity contribution is 5.96. The molecule has 1 aromatic carbocycles. The molecule has 0 fully saturated rings. The molecule has 0 saturated heterocycles. The summed E-state index contributed by atoms with van der Waals surface area (Å²) in [7, 11) is 3.27. The Balaban J connectivity index is 1.62. The van der Waals surface area contributed by atoms with Crippen molar-refractivity contribution >= 4 is 5.91 Å². The number of methoxy groups -OCH3 is 1. The molecule has 0 aliphatic rings. The summed E-state index contributed by atoms with van der Waals surface area (Å²) in [6.07, 6.45) is 6.79. The molecule has 8 nitrogen and oxygen atoms in total. The molecule has 0 unspecified atom stereocenters. The van der Waals surface area contributed by atoms with Crippen LogP contribution in [0.2, 0.25) is 0 Å². The maximum absolute atomic E-state index is 13.0. The van der Waals surface area contributed by atoms with Crippen molar-refractivity contribution in [2.75, 3.05) is 7.11 Å². The van der Waals surface area contributed by atoms with Gasteiger partial charge in [0.15, 0.2) is 0 Å². The van der Waals surface area contributed by atoms with Crippen LogP contribution in [0.1, 0.15) is 15.9 Å². The second-order valence-corrected chi connectivity index (χ2v) is 6.90. The quantitative estimate of drug-likeness (QED) is 0.523. The lowest BCUT2D eigenvalue weighted by Gasteiger charge is -2.13. The van der Waals surface area contributed by atoms with Gasteiger partial charge in [-0.05, 0) is 23.8 Å². The molecular formula is C23H21N5O3. The van der Waals surface area contributed by atoms with Crippen LogP contribution in [0.5, 0.6) is 5.75 Å². The molecule has 0 radical (unpaired) electrons. The Hall–Kier alpha value is -4.20. The minimum Gasteiger partial charge on any atom is -0.496 e. The molecule has 4 rings (SSSR count). The molecule has 31 heavy (non-hydrogen) atoms. The number of aromatic nitrogens is 4. The van der Waals surface area contributed by atoms with E-state index in [0.29, 0.717) is 5.69 Å². The van der Waals surface area contributed by atoms with Crippen molar-refractivity contribution in [1.82, 2.24) is 24.6 Å². The molecule has 156 valence electrons. The Morgan fingerprint density at radius 2 is 1.94 bits per heavy atom. The molecule has 0 saturated carbocycles. The first kappa shape index (κ1) is 20.1. The average Bonchev–Trinajstić information content (AvgIpc) is 3.24. The van der Waals surface area contributed by atoms with Gasteiger partial charge in [-0.2, -0.15) is 5.10 Å². The standard InChI is InChI=1S/C23H21N5O3/c1-27-14-17(13-26-27)22-16(7-6-10-24-22)12-25-23(30)19-15-28(18-8-4-3-5-9-18)21(29)11-20(19)31-2/h3-11,13-15H,12H2,1-2H3,(H,25,30). The predicted molar refractivity (Wildman–Crippen MR) is 116 cm³/mol. The van der Waals surface area contributed by atoms with E-state index in [2.05, 4.69) is 15.4 Å². The van der Waals surface area contributed by atoms with Crippen molar-refractivity contribution in [3.05, 3.63) is 94.8 Å². The number of benzene rings is 1. The van der Waals surface area contributed by atoms with Gasteiger partial charge in [0.05, 0.1) is 24.6 Å². The number of pyridine rings is 2. The highest BCUT2D eigenvalue weighted by atomic mass is 16.5. The summed E-state index contributed by atoms with van der Waals surface area (Å²) in [5.41, 5.74) is 3.10. The monoisotopic (exact) mass is 415 g/mol. The van der Waals surface area contributed by atoms with Gasteiger partial charge in [0.25, 0.3) is 11.5 Å². The zero-order valence-electron chi connectivity index (χ0n) is 17.1. The molecule has 0 aliphatic carbocycles. The van der Waals surface area contributed by atoms with Gasteiger partial charge in [-0.1, -0.05) is 24.3 Å². The molecule has 4 aromatic rings. The molecule has 0 spiro atoms. The number of aryl methyl sites for hydroxylation is 1. The van der Waals surface area contributed by atoms with Crippen LogP contribution in [0.3, 0.4) is 0 Å². The lowest BCUT2D eigenvalue weighted by Crippen LogP contribution is -2.27. The summed E-state index contributed by atoms with van der Waals surface area (Å²) in [4.78, 5) is 29.9. The number of nitrogens with one attached hydrogen (secondary N) is 1. The minimum atomic E-state index is -0.359. The third-order valence-corrected chi connectivity index (χ3v) is 4.82. The van der Waals surface area contributed by atoms with Gasteiger partial charge < -0.3 is 10.1 Å². The summed E-state index contributed by atoms with van der Waals surface area (Å²) >= 11 is 0. The number of ether oxygens (including phenoxy) is 1. The first-order valence-electron chi connectivity index (χ1n) is 9.64. The molecule has 1 N–H and O–H groups in total. The lowest BCUT2D eigenvalue weighted by atomic mass is 10.1. The fraction of sp³-hybridized carbons (Fsp3) is 0.130. The third kappa shape index (κ3) is 4.23. The summed E-state index contributed by atoms with van der Waals surface area (Å²) in [5.74, 6) is -0.143. The Morgan fingerprint density at radius 1 is 1.13 bits per heavy atom. The topological polar surface area (TPSA) is 91.0 Å². The highest BCUT2D eigenvalue weighted by Crippen LogP contribution is 2.21. The van der Waals surface area contributed by atoms with Crippen molar-refractivity contribution in [1.29, 1.82) is 0 Å². The number of para-hydroxylation sites is 1. The van der Waals surface area contributed by atoms with E-state index < -0.39 is 0 Å². The van der Waals surface area contributed by atoms with Gasteiger partial charge in [-0.3, -0.25) is 23.8 Å². The zero-order chi connectivity index (χ0) is 21.8. The Labute approximate surface area is 178 Å². The number of amides is 1. The van der Waals surface area contributed by atoms with Crippen LogP contribution < -0.4 is 15.6 Å². The summed E-state index contributed by atoms with van der Waals surface area (Å²) in [6, 6.07) is 14.1. The van der Waals surface area contributed by atoms with Gasteiger partial charge in [-0.15, -0.1) is 0 Å². The molecule has 0 atom stereocenters. The van der Waals surface area contributed by atoms with Crippen molar-refractivity contribution in [2.45, 2.75) is 6.54 Å². The van der Waals surface area contributed by atoms with Gasteiger partial charge in [0, 0.05) is 49.5 Å². The Kier molecular flexibility index (Phi) is 5.61. The van der Waals surface area contributed by atoms with E-state index in [1.807, 2.05) is 43.6 Å². The fourth-order valence-electron chi connectivity index (χ4n) is 3.30. The first-order chi connectivity index (χ1) is 15.1. The number of nitrogens with zero attached hydrogens (tertiary/aromatic N) is 4. The highest BCUT2D eigenvalue weighted by Gasteiger charge is 2.17. The second kappa shape index (κ2) is 8.66. The summed E-state index contributed by atoms with van der Waals surface area (Å²) in [5, 5.41) is 7.09. The number of carbonyl (C=O) groups excluding carboxylic acids is 1. The second-order valence-electron chi connectivity index (χ2n) is 6.90. The van der Waals surface area contributed by atoms with Crippen LogP contribution in [0.25, 0.3) is 16.9 Å². The van der Waals surface area contributed by atoms with E-state index in [0.717, 1.165) is 16.8 Å². The Bertz CT molecular complexity index is 1280. The smallest absolute Gasteiger partial charge is 0.258 e. The van der Waals surface area contributed by atoms with E-state index in [1.54, 1.807) is 29.2 Å². The van der Waals surface area contributed by atoms with Crippen molar-refractivity contribution in [2.24, 2.45) is 7.05 Å². The maximum atomic E-state index is 13.0. The van der Waals surface area contributed by atoms with Crippen molar-refractivity contribution in [3.63, 3.8) is 0 Å². The maximum Gasteiger partial charge on any atom is 0.258 e. The van der Waals surface area contributed by atoms with E-state index >= 15 is 0 Å². The Morgan fingerprint density at radius 3 is 2.65 bits per heavy atom. The van der Waals surface area contributed by atoms with Crippen LogP contribution in [-0.4, -0.2) is 32.3 Å². The average molecular weight is 415 g/mol. The molecule has 1 amide bonds. The van der Waals surface area contributed by atoms with Gasteiger partial charge in [0.1, 0.15) is 5.75 Å². The van der Waals surface area contributed by atoms with Crippen LogP contribution in [0, 0.1) is 0 Å². The summed E-state index contributed by atoms with van der Waals surface area (Å²) in [6.45, 7) is 0.254. The minimum absolute atomic E-state index is 0.216.